The lowest BCUT2D eigenvalue weighted by molar-refractivity contribution is -0.143. The molecule has 1 amide bonds. The summed E-state index contributed by atoms with van der Waals surface area (Å²) in [5.41, 5.74) is 0. The number of hydrogen-bond acceptors (Lipinski definition) is 5. The largest absolute Gasteiger partial charge is 0.466 e. The number of aliphatic hydroxyl groups excluding tert-OH is 2. The summed E-state index contributed by atoms with van der Waals surface area (Å²) < 4.78 is 5.48. The Balaban J connectivity index is 3.39. The minimum absolute atomic E-state index is 0.00212. The van der Waals surface area contributed by atoms with Gasteiger partial charge >= 0.3 is 5.97 Å². The van der Waals surface area contributed by atoms with Crippen LogP contribution in [0.25, 0.3) is 0 Å². The molecule has 0 radical (unpaired) electrons. The highest BCUT2D eigenvalue weighted by Crippen LogP contribution is 2.18. The smallest absolute Gasteiger partial charge is 0.305 e. The molecule has 0 rings (SSSR count). The van der Waals surface area contributed by atoms with Crippen LogP contribution in [0.1, 0.15) is 373 Å². The maximum absolute atomic E-state index is 12.5. The van der Waals surface area contributed by atoms with Crippen LogP contribution in [0.3, 0.4) is 0 Å². The van der Waals surface area contributed by atoms with Crippen LogP contribution in [-0.4, -0.2) is 47.4 Å². The number of amides is 1. The summed E-state index contributed by atoms with van der Waals surface area (Å²) in [6, 6.07) is -0.628. The molecule has 6 heteroatoms. The molecule has 0 aromatic carbocycles. The molecule has 0 aliphatic rings. The SMILES string of the molecule is CCCC/C=C\C/C=C\CCCCCCCC(=O)OCCCCCCCCCCCCCC/C=C\CCCCCCCCCCCCCCCCC(=O)NC(CO)C(O)/C=C/CCCCCCCCCCCCCCCCC. The second-order valence-corrected chi connectivity index (χ2v) is 23.9. The van der Waals surface area contributed by atoms with Crippen LogP contribution in [0, 0.1) is 0 Å². The second kappa shape index (κ2) is 67.3. The fourth-order valence-corrected chi connectivity index (χ4v) is 10.7. The topological polar surface area (TPSA) is 95.9 Å². The summed E-state index contributed by atoms with van der Waals surface area (Å²) in [4.78, 5) is 24.5. The lowest BCUT2D eigenvalue weighted by atomic mass is 10.0. The molecule has 0 bridgehead atoms. The monoisotopic (exact) mass is 1090 g/mol. The van der Waals surface area contributed by atoms with E-state index in [2.05, 4.69) is 55.6 Å². The van der Waals surface area contributed by atoms with E-state index < -0.39 is 12.1 Å². The highest BCUT2D eigenvalue weighted by atomic mass is 16.5. The Hall–Kier alpha value is -2.18. The molecule has 0 saturated carbocycles. The van der Waals surface area contributed by atoms with Crippen molar-refractivity contribution < 1.29 is 24.5 Å². The number of carbonyl (C=O) groups excluding carboxylic acids is 2. The average molecular weight is 1090 g/mol. The fraction of sp³-hybridized carbons (Fsp3) is 0.861. The van der Waals surface area contributed by atoms with Crippen molar-refractivity contribution in [1.29, 1.82) is 0 Å². The molecule has 3 N–H and O–H groups in total. The van der Waals surface area contributed by atoms with Crippen LogP contribution in [-0.2, 0) is 14.3 Å². The number of nitrogens with one attached hydrogen (secondary N) is 1. The Morgan fingerprint density at radius 3 is 1.03 bits per heavy atom. The highest BCUT2D eigenvalue weighted by molar-refractivity contribution is 5.76. The molecule has 0 aliphatic carbocycles. The molecule has 0 heterocycles. The van der Waals surface area contributed by atoms with Gasteiger partial charge in [0.15, 0.2) is 0 Å². The number of carbonyl (C=O) groups is 2. The molecule has 78 heavy (non-hydrogen) atoms. The Kier molecular flexibility index (Phi) is 65.4. The molecule has 6 nitrogen and oxygen atoms in total. The van der Waals surface area contributed by atoms with Crippen LogP contribution < -0.4 is 5.32 Å². The van der Waals surface area contributed by atoms with Crippen molar-refractivity contribution in [3.63, 3.8) is 0 Å². The third-order valence-corrected chi connectivity index (χ3v) is 16.1. The zero-order valence-corrected chi connectivity index (χ0v) is 52.4. The quantitative estimate of drug-likeness (QED) is 0.0320. The zero-order chi connectivity index (χ0) is 56.4. The van der Waals surface area contributed by atoms with Crippen LogP contribution in [0.15, 0.2) is 48.6 Å². The Morgan fingerprint density at radius 2 is 0.654 bits per heavy atom. The summed E-state index contributed by atoms with van der Waals surface area (Å²) in [7, 11) is 0. The summed E-state index contributed by atoms with van der Waals surface area (Å²) in [5, 5.41) is 23.2. The van der Waals surface area contributed by atoms with Crippen molar-refractivity contribution in [2.45, 2.75) is 386 Å². The van der Waals surface area contributed by atoms with Gasteiger partial charge in [0.2, 0.25) is 5.91 Å². The van der Waals surface area contributed by atoms with Gasteiger partial charge in [-0.3, -0.25) is 9.59 Å². The number of hydrogen-bond donors (Lipinski definition) is 3. The van der Waals surface area contributed by atoms with Crippen LogP contribution in [0.5, 0.6) is 0 Å². The second-order valence-electron chi connectivity index (χ2n) is 23.9. The van der Waals surface area contributed by atoms with Crippen molar-refractivity contribution in [3.05, 3.63) is 48.6 Å². The van der Waals surface area contributed by atoms with Crippen molar-refractivity contribution in [3.8, 4) is 0 Å². The van der Waals surface area contributed by atoms with Crippen molar-refractivity contribution in [2.75, 3.05) is 13.2 Å². The Labute approximate surface area is 486 Å². The van der Waals surface area contributed by atoms with E-state index in [1.54, 1.807) is 6.08 Å². The maximum Gasteiger partial charge on any atom is 0.305 e. The van der Waals surface area contributed by atoms with E-state index in [1.807, 2.05) is 6.08 Å². The van der Waals surface area contributed by atoms with E-state index in [9.17, 15) is 19.8 Å². The first-order valence-electron chi connectivity index (χ1n) is 34.9. The van der Waals surface area contributed by atoms with Gasteiger partial charge in [0.05, 0.1) is 25.4 Å². The summed E-state index contributed by atoms with van der Waals surface area (Å²) in [5.74, 6) is -0.0621. The van der Waals surface area contributed by atoms with Gasteiger partial charge in [-0.05, 0) is 83.5 Å². The molecule has 458 valence electrons. The first-order chi connectivity index (χ1) is 38.5. The van der Waals surface area contributed by atoms with Gasteiger partial charge < -0.3 is 20.3 Å². The molecule has 0 aliphatic heterocycles. The molecule has 0 fully saturated rings. The third kappa shape index (κ3) is 63.0. The van der Waals surface area contributed by atoms with E-state index in [4.69, 9.17) is 4.74 Å². The van der Waals surface area contributed by atoms with E-state index in [-0.39, 0.29) is 18.5 Å². The van der Waals surface area contributed by atoms with Crippen molar-refractivity contribution in [1.82, 2.24) is 5.32 Å². The van der Waals surface area contributed by atoms with Crippen molar-refractivity contribution in [2.24, 2.45) is 0 Å². The van der Waals surface area contributed by atoms with Gasteiger partial charge in [-0.25, -0.2) is 0 Å². The van der Waals surface area contributed by atoms with E-state index in [0.29, 0.717) is 19.4 Å². The molecule has 2 unspecified atom stereocenters. The minimum Gasteiger partial charge on any atom is -0.466 e. The molecule has 0 aromatic heterocycles. The number of esters is 1. The first kappa shape index (κ1) is 75.8. The Bertz CT molecular complexity index is 1310. The normalized spacial score (nSPS) is 12.8. The molecule has 0 spiro atoms. The van der Waals surface area contributed by atoms with Gasteiger partial charge in [0.25, 0.3) is 0 Å². The van der Waals surface area contributed by atoms with Crippen LogP contribution in [0.2, 0.25) is 0 Å². The summed E-state index contributed by atoms with van der Waals surface area (Å²) in [6.45, 7) is 4.88. The van der Waals surface area contributed by atoms with Gasteiger partial charge in [0.1, 0.15) is 0 Å². The molecular weight excluding hydrogens is 959 g/mol. The molecule has 0 aromatic rings. The number of aliphatic hydroxyl groups is 2. The molecule has 0 saturated heterocycles. The lowest BCUT2D eigenvalue weighted by Gasteiger charge is -2.20. The molecule has 2 atom stereocenters. The maximum atomic E-state index is 12.5. The zero-order valence-electron chi connectivity index (χ0n) is 52.4. The van der Waals surface area contributed by atoms with Gasteiger partial charge in [0, 0.05) is 12.8 Å². The number of unbranched alkanes of at least 4 members (excludes halogenated alkanes) is 48. The lowest BCUT2D eigenvalue weighted by Crippen LogP contribution is -2.45. The summed E-state index contributed by atoms with van der Waals surface area (Å²) in [6.07, 6.45) is 87.6. The van der Waals surface area contributed by atoms with Crippen LogP contribution >= 0.6 is 0 Å². The number of allylic oxidation sites excluding steroid dienone is 7. The Morgan fingerprint density at radius 1 is 0.359 bits per heavy atom. The van der Waals surface area contributed by atoms with Gasteiger partial charge in [-0.15, -0.1) is 0 Å². The first-order valence-corrected chi connectivity index (χ1v) is 34.9. The average Bonchev–Trinajstić information content (AvgIpc) is 3.44. The molecular formula is C72H135NO5. The summed E-state index contributed by atoms with van der Waals surface area (Å²) >= 11 is 0. The third-order valence-electron chi connectivity index (χ3n) is 16.1. The van der Waals surface area contributed by atoms with E-state index in [1.165, 1.54) is 295 Å². The van der Waals surface area contributed by atoms with Gasteiger partial charge in [-0.1, -0.05) is 326 Å². The van der Waals surface area contributed by atoms with E-state index in [0.717, 1.165) is 51.4 Å². The number of rotatable bonds is 65. The van der Waals surface area contributed by atoms with E-state index >= 15 is 0 Å². The van der Waals surface area contributed by atoms with Crippen LogP contribution in [0.4, 0.5) is 0 Å². The highest BCUT2D eigenvalue weighted by Gasteiger charge is 2.18. The minimum atomic E-state index is -0.844. The number of ether oxygens (including phenoxy) is 1. The van der Waals surface area contributed by atoms with Gasteiger partial charge in [-0.2, -0.15) is 0 Å². The predicted octanol–water partition coefficient (Wildman–Crippen LogP) is 22.5. The predicted molar refractivity (Wildman–Crippen MR) is 342 cm³/mol. The fourth-order valence-electron chi connectivity index (χ4n) is 10.7. The standard InChI is InChI=1S/C72H135NO5/c1-3-5-7-9-11-13-15-17-19-34-37-40-44-48-52-56-60-64-70(75)69(68-74)73-71(76)65-61-57-53-49-45-41-38-35-32-30-28-26-24-22-20-21-23-25-27-29-31-33-36-39-43-47-51-55-59-63-67-78-72(77)66-62-58-54-50-46-42-18-16-14-12-10-8-6-4-2/h10,12,16,18,21,23,60,64,69-70,74-75H,3-9,11,13-15,17,19-20,22,24-59,61-63,65-68H2,1-2H3,(H,73,76)/b12-10-,18-16-,23-21-,64-60+. The van der Waals surface area contributed by atoms with Crippen molar-refractivity contribution >= 4 is 11.9 Å².